The summed E-state index contributed by atoms with van der Waals surface area (Å²) in [5, 5.41) is 0.994. The van der Waals surface area contributed by atoms with Crippen LogP contribution in [0.1, 0.15) is 31.7 Å². The first kappa shape index (κ1) is 18.2. The quantitative estimate of drug-likeness (QED) is 0.592. The second-order valence-electron chi connectivity index (χ2n) is 6.29. The molecular formula is C20H21F2N3O. The third-order valence-electron chi connectivity index (χ3n) is 4.40. The first-order valence-electron chi connectivity index (χ1n) is 8.84. The molecule has 1 aromatic carbocycles. The maximum Gasteiger partial charge on any atom is 0.258 e. The Labute approximate surface area is 150 Å². The van der Waals surface area contributed by atoms with Gasteiger partial charge < -0.3 is 4.57 Å². The number of fused-ring (bicyclic) bond motifs is 1. The highest BCUT2D eigenvalue weighted by atomic mass is 19.1. The van der Waals surface area contributed by atoms with Crippen molar-refractivity contribution in [1.29, 1.82) is 0 Å². The molecule has 2 aromatic heterocycles. The number of nitrogens with zero attached hydrogens (tertiary/aromatic N) is 3. The van der Waals surface area contributed by atoms with Crippen molar-refractivity contribution in [2.75, 3.05) is 6.67 Å². The summed E-state index contributed by atoms with van der Waals surface area (Å²) in [5.41, 5.74) is 0.697. The molecular weight excluding hydrogens is 336 g/mol. The summed E-state index contributed by atoms with van der Waals surface area (Å²) < 4.78 is 28.6. The van der Waals surface area contributed by atoms with Crippen LogP contribution in [0.25, 0.3) is 22.2 Å². The molecule has 0 fully saturated rings. The van der Waals surface area contributed by atoms with Gasteiger partial charge in [0.25, 0.3) is 5.56 Å². The Bertz CT molecular complexity index is 952. The number of benzene rings is 1. The average Bonchev–Trinajstić information content (AvgIpc) is 2.65. The Balaban J connectivity index is 1.97. The van der Waals surface area contributed by atoms with Crippen LogP contribution in [0.4, 0.5) is 8.78 Å². The Morgan fingerprint density at radius 3 is 2.62 bits per heavy atom. The van der Waals surface area contributed by atoms with E-state index in [1.165, 1.54) is 18.5 Å². The lowest BCUT2D eigenvalue weighted by molar-refractivity contribution is 0.494. The molecule has 0 spiro atoms. The summed E-state index contributed by atoms with van der Waals surface area (Å²) in [5.74, 6) is -0.321. The van der Waals surface area contributed by atoms with Gasteiger partial charge in [-0.3, -0.25) is 9.18 Å². The summed E-state index contributed by atoms with van der Waals surface area (Å²) in [6.45, 7) is 2.25. The van der Waals surface area contributed by atoms with Gasteiger partial charge in [0.1, 0.15) is 5.82 Å². The van der Waals surface area contributed by atoms with Gasteiger partial charge in [0.2, 0.25) is 0 Å². The van der Waals surface area contributed by atoms with E-state index < -0.39 is 12.5 Å². The SMILES string of the molecule is CCCCCn1ccc2cc(-c3ncc(CCF)cn3)c(F)cc2c1=O. The monoisotopic (exact) mass is 357 g/mol. The molecule has 136 valence electrons. The third kappa shape index (κ3) is 3.79. The molecule has 2 heterocycles. The van der Waals surface area contributed by atoms with Crippen molar-refractivity contribution in [3.8, 4) is 11.4 Å². The lowest BCUT2D eigenvalue weighted by atomic mass is 10.1. The fraction of sp³-hybridized carbons (Fsp3) is 0.350. The van der Waals surface area contributed by atoms with E-state index in [2.05, 4.69) is 16.9 Å². The highest BCUT2D eigenvalue weighted by Crippen LogP contribution is 2.24. The molecule has 3 rings (SSSR count). The number of aryl methyl sites for hydroxylation is 2. The van der Waals surface area contributed by atoms with Crippen molar-refractivity contribution >= 4 is 10.8 Å². The largest absolute Gasteiger partial charge is 0.315 e. The lowest BCUT2D eigenvalue weighted by Crippen LogP contribution is -2.19. The highest BCUT2D eigenvalue weighted by Gasteiger charge is 2.12. The van der Waals surface area contributed by atoms with Gasteiger partial charge in [0, 0.05) is 31.6 Å². The van der Waals surface area contributed by atoms with Gasteiger partial charge in [0.15, 0.2) is 5.82 Å². The zero-order valence-corrected chi connectivity index (χ0v) is 14.7. The summed E-state index contributed by atoms with van der Waals surface area (Å²) in [4.78, 5) is 20.8. The minimum Gasteiger partial charge on any atom is -0.315 e. The van der Waals surface area contributed by atoms with Crippen molar-refractivity contribution in [1.82, 2.24) is 14.5 Å². The summed E-state index contributed by atoms with van der Waals surface area (Å²) in [7, 11) is 0. The van der Waals surface area contributed by atoms with Gasteiger partial charge in [-0.05, 0) is 35.6 Å². The Morgan fingerprint density at radius 2 is 1.92 bits per heavy atom. The van der Waals surface area contributed by atoms with E-state index in [4.69, 9.17) is 0 Å². The van der Waals surface area contributed by atoms with Gasteiger partial charge in [0.05, 0.1) is 17.6 Å². The standard InChI is InChI=1S/C20H21F2N3O/c1-2-3-4-8-25-9-6-15-10-17(18(22)11-16(15)20(25)26)19-23-12-14(5-7-21)13-24-19/h6,9-13H,2-5,7-8H2,1H3. The topological polar surface area (TPSA) is 47.8 Å². The van der Waals surface area contributed by atoms with E-state index in [9.17, 15) is 13.6 Å². The van der Waals surface area contributed by atoms with Crippen molar-refractivity contribution in [3.63, 3.8) is 0 Å². The molecule has 4 nitrogen and oxygen atoms in total. The van der Waals surface area contributed by atoms with Crippen LogP contribution in [0, 0.1) is 5.82 Å². The number of rotatable bonds is 7. The molecule has 26 heavy (non-hydrogen) atoms. The van der Waals surface area contributed by atoms with Crippen LogP contribution >= 0.6 is 0 Å². The van der Waals surface area contributed by atoms with E-state index in [1.54, 1.807) is 16.8 Å². The van der Waals surface area contributed by atoms with E-state index in [0.717, 1.165) is 19.3 Å². The van der Waals surface area contributed by atoms with E-state index in [0.29, 0.717) is 22.9 Å². The maximum atomic E-state index is 14.6. The second kappa shape index (κ2) is 8.17. The smallest absolute Gasteiger partial charge is 0.258 e. The first-order chi connectivity index (χ1) is 12.6. The summed E-state index contributed by atoms with van der Waals surface area (Å²) in [6.07, 6.45) is 8.01. The summed E-state index contributed by atoms with van der Waals surface area (Å²) in [6, 6.07) is 4.65. The molecule has 0 atom stereocenters. The van der Waals surface area contributed by atoms with Gasteiger partial charge in [-0.25, -0.2) is 14.4 Å². The Morgan fingerprint density at radius 1 is 1.15 bits per heavy atom. The Kier molecular flexibility index (Phi) is 5.71. The minimum absolute atomic E-state index is 0.191. The molecule has 6 heteroatoms. The van der Waals surface area contributed by atoms with Crippen LogP contribution in [0.3, 0.4) is 0 Å². The predicted octanol–water partition coefficient (Wildman–Crippen LogP) is 4.30. The molecule has 0 radical (unpaired) electrons. The average molecular weight is 357 g/mol. The van der Waals surface area contributed by atoms with Crippen LogP contribution in [0.15, 0.2) is 41.6 Å². The molecule has 0 saturated heterocycles. The van der Waals surface area contributed by atoms with Crippen molar-refractivity contribution < 1.29 is 8.78 Å². The van der Waals surface area contributed by atoms with Crippen molar-refractivity contribution in [2.45, 2.75) is 39.2 Å². The van der Waals surface area contributed by atoms with E-state index in [-0.39, 0.29) is 23.4 Å². The number of aromatic nitrogens is 3. The van der Waals surface area contributed by atoms with Crippen molar-refractivity contribution in [2.24, 2.45) is 0 Å². The van der Waals surface area contributed by atoms with Crippen LogP contribution in [-0.4, -0.2) is 21.2 Å². The molecule has 0 unspecified atom stereocenters. The molecule has 0 N–H and O–H groups in total. The minimum atomic E-state index is -0.542. The molecule has 3 aromatic rings. The van der Waals surface area contributed by atoms with E-state index >= 15 is 0 Å². The zero-order chi connectivity index (χ0) is 18.5. The van der Waals surface area contributed by atoms with E-state index in [1.807, 2.05) is 6.07 Å². The number of halogens is 2. The third-order valence-corrected chi connectivity index (χ3v) is 4.40. The van der Waals surface area contributed by atoms with Crippen molar-refractivity contribution in [3.05, 3.63) is 58.5 Å². The predicted molar refractivity (Wildman–Crippen MR) is 98.4 cm³/mol. The molecule has 0 aliphatic heterocycles. The normalized spacial score (nSPS) is 11.2. The Hall–Kier alpha value is -2.63. The molecule has 0 aliphatic rings. The molecule has 0 saturated carbocycles. The number of alkyl halides is 1. The number of hydrogen-bond acceptors (Lipinski definition) is 3. The van der Waals surface area contributed by atoms with Gasteiger partial charge in [-0.1, -0.05) is 19.8 Å². The van der Waals surface area contributed by atoms with Gasteiger partial charge in [-0.2, -0.15) is 0 Å². The second-order valence-corrected chi connectivity index (χ2v) is 6.29. The fourth-order valence-corrected chi connectivity index (χ4v) is 2.92. The maximum absolute atomic E-state index is 14.6. The number of pyridine rings is 1. The van der Waals surface area contributed by atoms with Gasteiger partial charge in [-0.15, -0.1) is 0 Å². The molecule has 0 amide bonds. The molecule has 0 aliphatic carbocycles. The first-order valence-corrected chi connectivity index (χ1v) is 8.84. The van der Waals surface area contributed by atoms with Crippen LogP contribution in [-0.2, 0) is 13.0 Å². The number of unbranched alkanes of at least 4 members (excludes halogenated alkanes) is 2. The summed E-state index contributed by atoms with van der Waals surface area (Å²) >= 11 is 0. The zero-order valence-electron chi connectivity index (χ0n) is 14.7. The van der Waals surface area contributed by atoms with Gasteiger partial charge >= 0.3 is 0 Å². The van der Waals surface area contributed by atoms with Crippen LogP contribution in [0.2, 0.25) is 0 Å². The highest BCUT2D eigenvalue weighted by molar-refractivity contribution is 5.85. The number of hydrogen-bond donors (Lipinski definition) is 0. The lowest BCUT2D eigenvalue weighted by Gasteiger charge is -2.09. The van der Waals surface area contributed by atoms with Crippen LogP contribution in [0.5, 0.6) is 0 Å². The molecule has 0 bridgehead atoms. The fourth-order valence-electron chi connectivity index (χ4n) is 2.92. The van der Waals surface area contributed by atoms with Crippen LogP contribution < -0.4 is 5.56 Å².